The van der Waals surface area contributed by atoms with Gasteiger partial charge in [-0.15, -0.1) is 0 Å². The molecule has 0 atom stereocenters. The number of nitrogens with one attached hydrogen (secondary N) is 1. The summed E-state index contributed by atoms with van der Waals surface area (Å²) in [4.78, 5) is 3.99. The summed E-state index contributed by atoms with van der Waals surface area (Å²) in [5, 5.41) is 3.14. The minimum Gasteiger partial charge on any atom is -0.374 e. The molecule has 1 heterocycles. The van der Waals surface area contributed by atoms with E-state index in [9.17, 15) is 8.78 Å². The topological polar surface area (TPSA) is 39.1 Å². The van der Waals surface area contributed by atoms with E-state index >= 15 is 0 Å². The number of ether oxygens (including phenoxy) is 1. The van der Waals surface area contributed by atoms with Gasteiger partial charge in [0.25, 0.3) is 6.43 Å². The summed E-state index contributed by atoms with van der Waals surface area (Å²) in [6, 6.07) is 8.04. The van der Waals surface area contributed by atoms with Crippen molar-refractivity contribution in [2.24, 2.45) is 0 Å². The zero-order valence-electron chi connectivity index (χ0n) is 11.0. The molecule has 4 nitrogen and oxygen atoms in total. The Morgan fingerprint density at radius 1 is 1.25 bits per heavy atom. The van der Waals surface area contributed by atoms with E-state index in [1.807, 2.05) is 35.0 Å². The zero-order valence-corrected chi connectivity index (χ0v) is 11.0. The molecule has 108 valence electrons. The lowest BCUT2D eigenvalue weighted by Crippen LogP contribution is -2.20. The Bertz CT molecular complexity index is 486. The Hall–Kier alpha value is -1.79. The number of rotatable bonds is 8. The van der Waals surface area contributed by atoms with E-state index in [4.69, 9.17) is 4.74 Å². The fourth-order valence-corrected chi connectivity index (χ4v) is 1.75. The molecule has 0 spiro atoms. The van der Waals surface area contributed by atoms with Gasteiger partial charge in [-0.1, -0.05) is 12.1 Å². The highest BCUT2D eigenvalue weighted by Crippen LogP contribution is 2.08. The van der Waals surface area contributed by atoms with Gasteiger partial charge < -0.3 is 14.6 Å². The van der Waals surface area contributed by atoms with Crippen LogP contribution in [0.25, 0.3) is 5.69 Å². The SMILES string of the molecule is FC(F)COCCNCc1ccc(-n2ccnc2)cc1. The highest BCUT2D eigenvalue weighted by atomic mass is 19.3. The summed E-state index contributed by atoms with van der Waals surface area (Å²) in [5.74, 6) is 0. The van der Waals surface area contributed by atoms with Crippen molar-refractivity contribution in [2.45, 2.75) is 13.0 Å². The van der Waals surface area contributed by atoms with E-state index in [1.54, 1.807) is 12.5 Å². The van der Waals surface area contributed by atoms with Crippen LogP contribution in [-0.4, -0.2) is 35.7 Å². The lowest BCUT2D eigenvalue weighted by molar-refractivity contribution is 0.0187. The minimum absolute atomic E-state index is 0.289. The van der Waals surface area contributed by atoms with Gasteiger partial charge in [-0.05, 0) is 17.7 Å². The highest BCUT2D eigenvalue weighted by molar-refractivity contribution is 5.34. The van der Waals surface area contributed by atoms with Crippen LogP contribution in [0, 0.1) is 0 Å². The number of alkyl halides is 2. The summed E-state index contributed by atoms with van der Waals surface area (Å²) < 4.78 is 30.3. The van der Waals surface area contributed by atoms with Gasteiger partial charge in [0, 0.05) is 31.2 Å². The van der Waals surface area contributed by atoms with Gasteiger partial charge in [-0.2, -0.15) is 0 Å². The molecule has 0 aliphatic heterocycles. The first-order valence-corrected chi connectivity index (χ1v) is 6.39. The lowest BCUT2D eigenvalue weighted by atomic mass is 10.2. The number of hydrogen-bond acceptors (Lipinski definition) is 3. The molecule has 0 bridgehead atoms. The van der Waals surface area contributed by atoms with Crippen molar-refractivity contribution in [3.05, 3.63) is 48.5 Å². The maximum atomic E-state index is 11.8. The van der Waals surface area contributed by atoms with E-state index in [0.29, 0.717) is 13.1 Å². The Labute approximate surface area is 116 Å². The molecular formula is C14H17F2N3O. The maximum absolute atomic E-state index is 11.8. The van der Waals surface area contributed by atoms with Gasteiger partial charge in [-0.3, -0.25) is 0 Å². The molecule has 1 aromatic carbocycles. The van der Waals surface area contributed by atoms with Crippen molar-refractivity contribution in [1.82, 2.24) is 14.9 Å². The number of benzene rings is 1. The van der Waals surface area contributed by atoms with Gasteiger partial charge in [0.1, 0.15) is 6.61 Å². The molecule has 1 aromatic heterocycles. The average molecular weight is 281 g/mol. The van der Waals surface area contributed by atoms with E-state index in [0.717, 1.165) is 11.3 Å². The van der Waals surface area contributed by atoms with E-state index in [2.05, 4.69) is 10.3 Å². The molecule has 0 fully saturated rings. The van der Waals surface area contributed by atoms with Crippen LogP contribution in [0.1, 0.15) is 5.56 Å². The van der Waals surface area contributed by atoms with Gasteiger partial charge in [-0.25, -0.2) is 13.8 Å². The summed E-state index contributed by atoms with van der Waals surface area (Å²) in [7, 11) is 0. The van der Waals surface area contributed by atoms with Gasteiger partial charge in [0.15, 0.2) is 0 Å². The molecule has 0 aliphatic carbocycles. The molecule has 0 aliphatic rings. The van der Waals surface area contributed by atoms with Crippen molar-refractivity contribution in [2.75, 3.05) is 19.8 Å². The Morgan fingerprint density at radius 3 is 2.70 bits per heavy atom. The van der Waals surface area contributed by atoms with Crippen molar-refractivity contribution >= 4 is 0 Å². The molecule has 2 rings (SSSR count). The quantitative estimate of drug-likeness (QED) is 0.754. The van der Waals surface area contributed by atoms with Crippen LogP contribution in [0.15, 0.2) is 43.0 Å². The molecular weight excluding hydrogens is 264 g/mol. The maximum Gasteiger partial charge on any atom is 0.261 e. The van der Waals surface area contributed by atoms with Crippen molar-refractivity contribution in [3.63, 3.8) is 0 Å². The Kier molecular flexibility index (Phi) is 5.64. The van der Waals surface area contributed by atoms with Crippen LogP contribution in [0.3, 0.4) is 0 Å². The van der Waals surface area contributed by atoms with Crippen LogP contribution in [0.5, 0.6) is 0 Å². The summed E-state index contributed by atoms with van der Waals surface area (Å²) in [6.45, 7) is 1.02. The molecule has 0 saturated heterocycles. The molecule has 6 heteroatoms. The number of nitrogens with zero attached hydrogens (tertiary/aromatic N) is 2. The molecule has 2 aromatic rings. The standard InChI is InChI=1S/C14H17F2N3O/c15-14(16)10-20-8-6-17-9-12-1-3-13(4-2-12)19-7-5-18-11-19/h1-5,7,11,14,17H,6,8-10H2. The van der Waals surface area contributed by atoms with Crippen molar-refractivity contribution in [3.8, 4) is 5.69 Å². The lowest BCUT2D eigenvalue weighted by Gasteiger charge is -2.07. The van der Waals surface area contributed by atoms with Gasteiger partial charge in [0.05, 0.1) is 12.9 Å². The second-order valence-corrected chi connectivity index (χ2v) is 4.28. The molecule has 0 saturated carbocycles. The monoisotopic (exact) mass is 281 g/mol. The summed E-state index contributed by atoms with van der Waals surface area (Å²) in [6.07, 6.45) is 2.96. The first-order chi connectivity index (χ1) is 9.75. The fourth-order valence-electron chi connectivity index (χ4n) is 1.75. The highest BCUT2D eigenvalue weighted by Gasteiger charge is 2.01. The molecule has 1 N–H and O–H groups in total. The second-order valence-electron chi connectivity index (χ2n) is 4.28. The predicted molar refractivity (Wildman–Crippen MR) is 72.1 cm³/mol. The zero-order chi connectivity index (χ0) is 14.2. The van der Waals surface area contributed by atoms with Crippen LogP contribution in [0.4, 0.5) is 8.78 Å². The van der Waals surface area contributed by atoms with Crippen LogP contribution in [-0.2, 0) is 11.3 Å². The largest absolute Gasteiger partial charge is 0.374 e. The molecule has 20 heavy (non-hydrogen) atoms. The van der Waals surface area contributed by atoms with Crippen LogP contribution >= 0.6 is 0 Å². The number of halogens is 2. The molecule has 0 amide bonds. The smallest absolute Gasteiger partial charge is 0.261 e. The first-order valence-electron chi connectivity index (χ1n) is 6.39. The average Bonchev–Trinajstić information content (AvgIpc) is 2.97. The third kappa shape index (κ3) is 4.71. The van der Waals surface area contributed by atoms with Gasteiger partial charge >= 0.3 is 0 Å². The fraction of sp³-hybridized carbons (Fsp3) is 0.357. The Morgan fingerprint density at radius 2 is 2.05 bits per heavy atom. The predicted octanol–water partition coefficient (Wildman–Crippen LogP) is 2.24. The molecule has 0 unspecified atom stereocenters. The summed E-state index contributed by atoms with van der Waals surface area (Å²) in [5.41, 5.74) is 2.18. The van der Waals surface area contributed by atoms with Gasteiger partial charge in [0.2, 0.25) is 0 Å². The second kappa shape index (κ2) is 7.72. The van der Waals surface area contributed by atoms with E-state index < -0.39 is 13.0 Å². The van der Waals surface area contributed by atoms with Crippen LogP contribution in [0.2, 0.25) is 0 Å². The Balaban J connectivity index is 1.69. The van der Waals surface area contributed by atoms with E-state index in [1.165, 1.54) is 0 Å². The summed E-state index contributed by atoms with van der Waals surface area (Å²) >= 11 is 0. The normalized spacial score (nSPS) is 11.2. The number of imidazole rings is 1. The number of aromatic nitrogens is 2. The molecule has 0 radical (unpaired) electrons. The van der Waals surface area contributed by atoms with Crippen molar-refractivity contribution in [1.29, 1.82) is 0 Å². The van der Waals surface area contributed by atoms with E-state index in [-0.39, 0.29) is 6.61 Å². The van der Waals surface area contributed by atoms with Crippen LogP contribution < -0.4 is 5.32 Å². The van der Waals surface area contributed by atoms with Crippen molar-refractivity contribution < 1.29 is 13.5 Å². The third-order valence-electron chi connectivity index (χ3n) is 2.74. The minimum atomic E-state index is -2.40. The first kappa shape index (κ1) is 14.6. The third-order valence-corrected chi connectivity index (χ3v) is 2.74. The number of hydrogen-bond donors (Lipinski definition) is 1.